The van der Waals surface area contributed by atoms with Gasteiger partial charge in [-0.05, 0) is 18.2 Å². The lowest BCUT2D eigenvalue weighted by atomic mass is 10.2. The van der Waals surface area contributed by atoms with Crippen LogP contribution in [0, 0.1) is 0 Å². The third kappa shape index (κ3) is 3.40. The van der Waals surface area contributed by atoms with Crippen molar-refractivity contribution in [1.82, 2.24) is 0 Å². The van der Waals surface area contributed by atoms with E-state index < -0.39 is 16.8 Å². The summed E-state index contributed by atoms with van der Waals surface area (Å²) in [7, 11) is 0.149. The SMILES string of the molecule is COCCS(=O)c1cc(Br)ccc1C(=O)O. The molecule has 0 aliphatic heterocycles. The molecule has 1 aromatic carbocycles. The monoisotopic (exact) mass is 306 g/mol. The highest BCUT2D eigenvalue weighted by Gasteiger charge is 2.15. The van der Waals surface area contributed by atoms with Crippen LogP contribution in [0.1, 0.15) is 10.4 Å². The Kier molecular flexibility index (Phi) is 5.11. The number of methoxy groups -OCH3 is 1. The lowest BCUT2D eigenvalue weighted by molar-refractivity contribution is 0.0693. The van der Waals surface area contributed by atoms with Gasteiger partial charge in [-0.2, -0.15) is 0 Å². The Balaban J connectivity index is 3.04. The van der Waals surface area contributed by atoms with Crippen molar-refractivity contribution < 1.29 is 18.8 Å². The Morgan fingerprint density at radius 1 is 1.56 bits per heavy atom. The van der Waals surface area contributed by atoms with Crippen molar-refractivity contribution in [3.05, 3.63) is 28.2 Å². The first kappa shape index (κ1) is 13.3. The molecule has 0 aliphatic carbocycles. The van der Waals surface area contributed by atoms with E-state index in [0.717, 1.165) is 0 Å². The largest absolute Gasteiger partial charge is 0.478 e. The van der Waals surface area contributed by atoms with E-state index in [9.17, 15) is 9.00 Å². The van der Waals surface area contributed by atoms with Crippen LogP contribution in [0.15, 0.2) is 27.6 Å². The number of benzene rings is 1. The molecule has 88 valence electrons. The van der Waals surface area contributed by atoms with Gasteiger partial charge in [-0.1, -0.05) is 15.9 Å². The Morgan fingerprint density at radius 2 is 2.25 bits per heavy atom. The molecule has 4 nitrogen and oxygen atoms in total. The molecule has 0 aliphatic rings. The maximum absolute atomic E-state index is 11.8. The fourth-order valence-electron chi connectivity index (χ4n) is 1.13. The summed E-state index contributed by atoms with van der Waals surface area (Å²) in [5.74, 6) is -0.791. The molecule has 0 amide bonds. The number of carbonyl (C=O) groups is 1. The first-order valence-electron chi connectivity index (χ1n) is 4.46. The van der Waals surface area contributed by atoms with Crippen LogP contribution >= 0.6 is 15.9 Å². The molecule has 0 bridgehead atoms. The van der Waals surface area contributed by atoms with Crippen molar-refractivity contribution in [3.63, 3.8) is 0 Å². The lowest BCUT2D eigenvalue weighted by Gasteiger charge is -2.06. The first-order chi connectivity index (χ1) is 7.56. The summed E-state index contributed by atoms with van der Waals surface area (Å²) < 4.78 is 17.3. The van der Waals surface area contributed by atoms with Gasteiger partial charge in [0.15, 0.2) is 0 Å². The summed E-state index contributed by atoms with van der Waals surface area (Å²) in [6.07, 6.45) is 0. The Morgan fingerprint density at radius 3 is 2.81 bits per heavy atom. The van der Waals surface area contributed by atoms with Crippen molar-refractivity contribution in [2.45, 2.75) is 4.90 Å². The quantitative estimate of drug-likeness (QED) is 0.902. The molecule has 1 aromatic rings. The molecule has 0 spiro atoms. The van der Waals surface area contributed by atoms with Gasteiger partial charge in [-0.25, -0.2) is 4.79 Å². The van der Waals surface area contributed by atoms with Crippen molar-refractivity contribution in [2.24, 2.45) is 0 Å². The molecule has 0 aromatic heterocycles. The molecule has 1 N–H and O–H groups in total. The molecule has 0 heterocycles. The minimum atomic E-state index is -1.36. The number of carboxylic acids is 1. The standard InChI is InChI=1S/C10H11BrO4S/c1-15-4-5-16(14)9-6-7(11)2-3-8(9)10(12)13/h2-3,6H,4-5H2,1H3,(H,12,13). The second kappa shape index (κ2) is 6.12. The molecule has 0 saturated carbocycles. The second-order valence-electron chi connectivity index (χ2n) is 2.99. The maximum Gasteiger partial charge on any atom is 0.336 e. The molecule has 0 saturated heterocycles. The number of carboxylic acid groups (broad SMARTS) is 1. The van der Waals surface area contributed by atoms with Crippen LogP contribution in [0.25, 0.3) is 0 Å². The molecule has 1 atom stereocenters. The zero-order valence-electron chi connectivity index (χ0n) is 8.60. The van der Waals surface area contributed by atoms with E-state index in [4.69, 9.17) is 9.84 Å². The average molecular weight is 307 g/mol. The van der Waals surface area contributed by atoms with Gasteiger partial charge in [-0.3, -0.25) is 4.21 Å². The van der Waals surface area contributed by atoms with Crippen molar-refractivity contribution in [3.8, 4) is 0 Å². The summed E-state index contributed by atoms with van der Waals surface area (Å²) in [6, 6.07) is 4.61. The van der Waals surface area contributed by atoms with E-state index >= 15 is 0 Å². The third-order valence-corrected chi connectivity index (χ3v) is 3.75. The Labute approximate surface area is 104 Å². The molecule has 0 fully saturated rings. The summed E-state index contributed by atoms with van der Waals surface area (Å²) in [6.45, 7) is 0.332. The van der Waals surface area contributed by atoms with Gasteiger partial charge in [0, 0.05) is 11.6 Å². The molecular weight excluding hydrogens is 296 g/mol. The molecule has 16 heavy (non-hydrogen) atoms. The highest BCUT2D eigenvalue weighted by Crippen LogP contribution is 2.20. The van der Waals surface area contributed by atoms with E-state index in [2.05, 4.69) is 15.9 Å². The topological polar surface area (TPSA) is 63.6 Å². The summed E-state index contributed by atoms with van der Waals surface area (Å²) in [4.78, 5) is 11.2. The van der Waals surface area contributed by atoms with Gasteiger partial charge < -0.3 is 9.84 Å². The van der Waals surface area contributed by atoms with Crippen LogP contribution in [0.4, 0.5) is 0 Å². The molecule has 6 heteroatoms. The third-order valence-electron chi connectivity index (χ3n) is 1.89. The normalized spacial score (nSPS) is 12.4. The average Bonchev–Trinajstić information content (AvgIpc) is 2.25. The molecular formula is C10H11BrO4S. The smallest absolute Gasteiger partial charge is 0.336 e. The molecule has 0 radical (unpaired) electrons. The van der Waals surface area contributed by atoms with Crippen LogP contribution in [0.3, 0.4) is 0 Å². The van der Waals surface area contributed by atoms with Gasteiger partial charge in [0.05, 0.1) is 33.6 Å². The van der Waals surface area contributed by atoms with E-state index in [1.54, 1.807) is 12.1 Å². The fourth-order valence-corrected chi connectivity index (χ4v) is 2.84. The Hall–Kier alpha value is -0.720. The number of halogens is 1. The van der Waals surface area contributed by atoms with Crippen molar-refractivity contribution in [2.75, 3.05) is 19.5 Å². The van der Waals surface area contributed by atoms with Crippen LogP contribution in [-0.4, -0.2) is 34.8 Å². The number of rotatable bonds is 5. The minimum Gasteiger partial charge on any atom is -0.478 e. The summed E-state index contributed by atoms with van der Waals surface area (Å²) >= 11 is 3.22. The predicted molar refractivity (Wildman–Crippen MR) is 64.3 cm³/mol. The molecule has 1 rings (SSSR count). The number of ether oxygens (including phenoxy) is 1. The van der Waals surface area contributed by atoms with E-state index in [-0.39, 0.29) is 11.3 Å². The van der Waals surface area contributed by atoms with Gasteiger partial charge in [0.1, 0.15) is 0 Å². The van der Waals surface area contributed by atoms with E-state index in [0.29, 0.717) is 16.0 Å². The highest BCUT2D eigenvalue weighted by molar-refractivity contribution is 9.10. The van der Waals surface area contributed by atoms with Gasteiger partial charge in [-0.15, -0.1) is 0 Å². The van der Waals surface area contributed by atoms with Crippen LogP contribution < -0.4 is 0 Å². The Bertz CT molecular complexity index is 419. The van der Waals surface area contributed by atoms with Gasteiger partial charge >= 0.3 is 5.97 Å². The first-order valence-corrected chi connectivity index (χ1v) is 6.57. The second-order valence-corrected chi connectivity index (χ2v) is 5.44. The van der Waals surface area contributed by atoms with Gasteiger partial charge in [0.25, 0.3) is 0 Å². The maximum atomic E-state index is 11.8. The van der Waals surface area contributed by atoms with Crippen molar-refractivity contribution in [1.29, 1.82) is 0 Å². The van der Waals surface area contributed by atoms with Crippen LogP contribution in [0.5, 0.6) is 0 Å². The number of hydrogen-bond acceptors (Lipinski definition) is 3. The van der Waals surface area contributed by atoms with Crippen molar-refractivity contribution >= 4 is 32.7 Å². The zero-order chi connectivity index (χ0) is 12.1. The lowest BCUT2D eigenvalue weighted by Crippen LogP contribution is -2.09. The van der Waals surface area contributed by atoms with Gasteiger partial charge in [0.2, 0.25) is 0 Å². The minimum absolute atomic E-state index is 0.0673. The molecule has 1 unspecified atom stereocenters. The number of hydrogen-bond donors (Lipinski definition) is 1. The zero-order valence-corrected chi connectivity index (χ0v) is 11.0. The number of aromatic carboxylic acids is 1. The summed E-state index contributed by atoms with van der Waals surface area (Å²) in [5, 5.41) is 8.95. The highest BCUT2D eigenvalue weighted by atomic mass is 79.9. The predicted octanol–water partition coefficient (Wildman–Crippen LogP) is 1.90. The van der Waals surface area contributed by atoms with E-state index in [1.807, 2.05) is 0 Å². The summed E-state index contributed by atoms with van der Waals surface area (Å²) in [5.41, 5.74) is 0.0673. The van der Waals surface area contributed by atoms with E-state index in [1.165, 1.54) is 13.2 Å². The fraction of sp³-hybridized carbons (Fsp3) is 0.300. The van der Waals surface area contributed by atoms with Crippen LogP contribution in [-0.2, 0) is 15.5 Å². The van der Waals surface area contributed by atoms with Crippen LogP contribution in [0.2, 0.25) is 0 Å².